The van der Waals surface area contributed by atoms with Gasteiger partial charge in [0.15, 0.2) is 0 Å². The fraction of sp³-hybridized carbons (Fsp3) is 0.750. The van der Waals surface area contributed by atoms with Crippen LogP contribution in [0, 0.1) is 0 Å². The van der Waals surface area contributed by atoms with Crippen molar-refractivity contribution in [1.29, 1.82) is 0 Å². The molecule has 3 N–H and O–H groups in total. The normalized spacial score (nSPS) is 20.2. The molecule has 1 aliphatic heterocycles. The van der Waals surface area contributed by atoms with E-state index in [1.54, 1.807) is 0 Å². The van der Waals surface area contributed by atoms with Crippen molar-refractivity contribution in [3.63, 3.8) is 0 Å². The Morgan fingerprint density at radius 2 is 2.11 bits per heavy atom. The Kier molecular flexibility index (Phi) is 5.61. The first-order chi connectivity index (χ1) is 8.52. The summed E-state index contributed by atoms with van der Waals surface area (Å²) in [5.74, 6) is -0.643. The van der Waals surface area contributed by atoms with E-state index in [1.165, 1.54) is 0 Å². The topological polar surface area (TPSA) is 87.3 Å². The van der Waals surface area contributed by atoms with Crippen LogP contribution >= 0.6 is 0 Å². The largest absolute Gasteiger partial charge is 0.354 e. The van der Waals surface area contributed by atoms with Crippen LogP contribution in [0.3, 0.4) is 0 Å². The molecule has 1 fully saturated rings. The van der Waals surface area contributed by atoms with E-state index in [9.17, 15) is 14.4 Å². The highest BCUT2D eigenvalue weighted by atomic mass is 16.2. The minimum absolute atomic E-state index is 0.00427. The Morgan fingerprint density at radius 1 is 1.39 bits per heavy atom. The Bertz CT molecular complexity index is 331. The van der Waals surface area contributed by atoms with Gasteiger partial charge in [-0.2, -0.15) is 0 Å². The van der Waals surface area contributed by atoms with Gasteiger partial charge in [-0.1, -0.05) is 26.2 Å². The molecule has 0 spiro atoms. The van der Waals surface area contributed by atoms with Gasteiger partial charge in [0, 0.05) is 6.04 Å². The first-order valence-corrected chi connectivity index (χ1v) is 6.43. The third-order valence-corrected chi connectivity index (χ3v) is 2.90. The smallest absolute Gasteiger partial charge is 0.322 e. The molecular formula is C12H21N3O3. The van der Waals surface area contributed by atoms with Gasteiger partial charge in [0.1, 0.15) is 6.04 Å². The highest BCUT2D eigenvalue weighted by Crippen LogP contribution is 2.04. The van der Waals surface area contributed by atoms with Crippen molar-refractivity contribution in [1.82, 2.24) is 16.0 Å². The van der Waals surface area contributed by atoms with E-state index in [2.05, 4.69) is 22.9 Å². The monoisotopic (exact) mass is 255 g/mol. The second-order valence-electron chi connectivity index (χ2n) is 4.68. The molecule has 1 heterocycles. The van der Waals surface area contributed by atoms with Crippen LogP contribution in [0.25, 0.3) is 0 Å². The molecule has 102 valence electrons. The molecule has 0 aliphatic carbocycles. The molecule has 0 aromatic heterocycles. The summed E-state index contributed by atoms with van der Waals surface area (Å²) in [5.41, 5.74) is 0. The third kappa shape index (κ3) is 4.73. The van der Waals surface area contributed by atoms with E-state index < -0.39 is 18.0 Å². The van der Waals surface area contributed by atoms with E-state index in [0.717, 1.165) is 25.7 Å². The van der Waals surface area contributed by atoms with Crippen LogP contribution < -0.4 is 16.0 Å². The van der Waals surface area contributed by atoms with E-state index >= 15 is 0 Å². The predicted molar refractivity (Wildman–Crippen MR) is 66.8 cm³/mol. The second-order valence-corrected chi connectivity index (χ2v) is 4.68. The molecule has 0 unspecified atom stereocenters. The van der Waals surface area contributed by atoms with Gasteiger partial charge in [-0.3, -0.25) is 14.9 Å². The zero-order valence-electron chi connectivity index (χ0n) is 10.9. The lowest BCUT2D eigenvalue weighted by Gasteiger charge is -2.14. The van der Waals surface area contributed by atoms with Crippen LogP contribution in [0.1, 0.15) is 46.0 Å². The molecule has 4 amide bonds. The summed E-state index contributed by atoms with van der Waals surface area (Å²) < 4.78 is 0. The van der Waals surface area contributed by atoms with Crippen molar-refractivity contribution in [2.75, 3.05) is 0 Å². The van der Waals surface area contributed by atoms with Gasteiger partial charge in [-0.05, 0) is 13.3 Å². The van der Waals surface area contributed by atoms with Crippen molar-refractivity contribution >= 4 is 17.8 Å². The van der Waals surface area contributed by atoms with Crippen molar-refractivity contribution in [3.05, 3.63) is 0 Å². The second kappa shape index (κ2) is 6.98. The average Bonchev–Trinajstić information content (AvgIpc) is 2.57. The summed E-state index contributed by atoms with van der Waals surface area (Å²) in [4.78, 5) is 33.8. The number of nitrogens with one attached hydrogen (secondary N) is 3. The minimum atomic E-state index is -0.736. The number of hydrogen-bond donors (Lipinski definition) is 3. The number of amides is 4. The molecule has 0 bridgehead atoms. The maximum atomic E-state index is 11.7. The molecule has 6 nitrogen and oxygen atoms in total. The summed E-state index contributed by atoms with van der Waals surface area (Å²) in [6, 6.07) is -1.17. The summed E-state index contributed by atoms with van der Waals surface area (Å²) in [6.07, 6.45) is 4.31. The maximum Gasteiger partial charge on any atom is 0.322 e. The first-order valence-electron chi connectivity index (χ1n) is 6.43. The van der Waals surface area contributed by atoms with Gasteiger partial charge in [0.2, 0.25) is 5.91 Å². The van der Waals surface area contributed by atoms with Crippen molar-refractivity contribution in [2.45, 2.75) is 58.0 Å². The van der Waals surface area contributed by atoms with Crippen LogP contribution in [0.2, 0.25) is 0 Å². The average molecular weight is 255 g/mol. The maximum absolute atomic E-state index is 11.7. The molecule has 0 aromatic carbocycles. The molecule has 18 heavy (non-hydrogen) atoms. The number of carbonyl (C=O) groups is 3. The fourth-order valence-electron chi connectivity index (χ4n) is 1.89. The number of carbonyl (C=O) groups excluding carboxylic acids is 3. The molecule has 1 saturated heterocycles. The number of hydrogen-bond acceptors (Lipinski definition) is 3. The first kappa shape index (κ1) is 14.5. The zero-order chi connectivity index (χ0) is 13.5. The Morgan fingerprint density at radius 3 is 2.67 bits per heavy atom. The van der Waals surface area contributed by atoms with Crippen LogP contribution in [-0.4, -0.2) is 29.9 Å². The predicted octanol–water partition coefficient (Wildman–Crippen LogP) is 0.670. The van der Waals surface area contributed by atoms with Gasteiger partial charge >= 0.3 is 6.03 Å². The highest BCUT2D eigenvalue weighted by Gasteiger charge is 2.31. The van der Waals surface area contributed by atoms with Gasteiger partial charge in [-0.25, -0.2) is 4.79 Å². The molecule has 2 atom stereocenters. The lowest BCUT2D eigenvalue weighted by Crippen LogP contribution is -2.39. The SMILES string of the molecule is CCCCC[C@H](C)NC(=O)C[C@@H]1NC(=O)NC1=O. The molecule has 6 heteroatoms. The molecular weight excluding hydrogens is 234 g/mol. The van der Waals surface area contributed by atoms with Gasteiger partial charge < -0.3 is 10.6 Å². The number of unbranched alkanes of at least 4 members (excludes halogenated alkanes) is 2. The van der Waals surface area contributed by atoms with Crippen molar-refractivity contribution in [3.8, 4) is 0 Å². The quantitative estimate of drug-likeness (QED) is 0.461. The van der Waals surface area contributed by atoms with E-state index in [-0.39, 0.29) is 18.4 Å². The lowest BCUT2D eigenvalue weighted by atomic mass is 10.1. The third-order valence-electron chi connectivity index (χ3n) is 2.90. The van der Waals surface area contributed by atoms with Crippen LogP contribution in [0.15, 0.2) is 0 Å². The number of imide groups is 1. The molecule has 1 rings (SSSR count). The molecule has 1 aliphatic rings. The fourth-order valence-corrected chi connectivity index (χ4v) is 1.89. The van der Waals surface area contributed by atoms with Crippen molar-refractivity contribution in [2.24, 2.45) is 0 Å². The Labute approximate surface area is 107 Å². The highest BCUT2D eigenvalue weighted by molar-refractivity contribution is 6.05. The van der Waals surface area contributed by atoms with E-state index in [0.29, 0.717) is 0 Å². The van der Waals surface area contributed by atoms with E-state index in [4.69, 9.17) is 0 Å². The summed E-state index contributed by atoms with van der Waals surface area (Å²) in [5, 5.41) is 7.33. The zero-order valence-corrected chi connectivity index (χ0v) is 10.9. The lowest BCUT2D eigenvalue weighted by molar-refractivity contribution is -0.126. The summed E-state index contributed by atoms with van der Waals surface area (Å²) >= 11 is 0. The summed E-state index contributed by atoms with van der Waals surface area (Å²) in [7, 11) is 0. The number of urea groups is 1. The van der Waals surface area contributed by atoms with Crippen molar-refractivity contribution < 1.29 is 14.4 Å². The van der Waals surface area contributed by atoms with Crippen LogP contribution in [0.5, 0.6) is 0 Å². The van der Waals surface area contributed by atoms with Gasteiger partial charge in [0.05, 0.1) is 6.42 Å². The Hall–Kier alpha value is -1.59. The molecule has 0 radical (unpaired) electrons. The number of rotatable bonds is 7. The van der Waals surface area contributed by atoms with Gasteiger partial charge in [-0.15, -0.1) is 0 Å². The van der Waals surface area contributed by atoms with Gasteiger partial charge in [0.25, 0.3) is 5.91 Å². The molecule has 0 saturated carbocycles. The van der Waals surface area contributed by atoms with Crippen LogP contribution in [-0.2, 0) is 9.59 Å². The van der Waals surface area contributed by atoms with Crippen LogP contribution in [0.4, 0.5) is 4.79 Å². The minimum Gasteiger partial charge on any atom is -0.354 e. The van der Waals surface area contributed by atoms with E-state index in [1.807, 2.05) is 6.92 Å². The Balaban J connectivity index is 2.24. The summed E-state index contributed by atoms with van der Waals surface area (Å²) in [6.45, 7) is 4.07. The molecule has 0 aromatic rings. The standard InChI is InChI=1S/C12H21N3O3/c1-3-4-5-6-8(2)13-10(16)7-9-11(17)15-12(18)14-9/h8-9H,3-7H2,1-2H3,(H,13,16)(H2,14,15,17,18)/t8-,9-/m0/s1.